The number of aryl methyl sites for hydroxylation is 1. The Hall–Kier alpha value is -1.57. The summed E-state index contributed by atoms with van der Waals surface area (Å²) in [6, 6.07) is 5.98. The van der Waals surface area contributed by atoms with E-state index in [9.17, 15) is 4.79 Å². The third kappa shape index (κ3) is 2.57. The van der Waals surface area contributed by atoms with Gasteiger partial charge in [0.2, 0.25) is 0 Å². The van der Waals surface area contributed by atoms with Gasteiger partial charge >= 0.3 is 5.97 Å². The van der Waals surface area contributed by atoms with Crippen molar-refractivity contribution in [2.45, 2.75) is 32.6 Å². The van der Waals surface area contributed by atoms with E-state index in [-0.39, 0.29) is 5.97 Å². The molecule has 0 N–H and O–H groups in total. The molecule has 2 heteroatoms. The van der Waals surface area contributed by atoms with Gasteiger partial charge in [0.25, 0.3) is 0 Å². The van der Waals surface area contributed by atoms with Crippen LogP contribution in [0.2, 0.25) is 0 Å². The summed E-state index contributed by atoms with van der Waals surface area (Å²) < 4.78 is 4.75. The van der Waals surface area contributed by atoms with Gasteiger partial charge in [-0.15, -0.1) is 0 Å². The Balaban J connectivity index is 2.30. The highest BCUT2D eigenvalue weighted by atomic mass is 16.5. The molecular formula is C15H18O2. The first-order valence-corrected chi connectivity index (χ1v) is 6.11. The summed E-state index contributed by atoms with van der Waals surface area (Å²) in [6.45, 7) is 1.96. The molecule has 0 radical (unpaired) electrons. The first-order valence-electron chi connectivity index (χ1n) is 6.11. The average Bonchev–Trinajstić information content (AvgIpc) is 2.39. The number of benzene rings is 1. The third-order valence-electron chi connectivity index (χ3n) is 3.29. The lowest BCUT2D eigenvalue weighted by Gasteiger charge is -2.14. The van der Waals surface area contributed by atoms with Gasteiger partial charge in [-0.25, -0.2) is 4.79 Å². The molecule has 0 fully saturated rings. The monoisotopic (exact) mass is 230 g/mol. The van der Waals surface area contributed by atoms with Crippen molar-refractivity contribution in [3.63, 3.8) is 0 Å². The summed E-state index contributed by atoms with van der Waals surface area (Å²) in [5, 5.41) is 0. The van der Waals surface area contributed by atoms with Crippen LogP contribution in [-0.4, -0.2) is 13.1 Å². The number of allylic oxidation sites excluding steroid dienone is 2. The maximum Gasteiger partial charge on any atom is 0.338 e. The summed E-state index contributed by atoms with van der Waals surface area (Å²) in [4.78, 5) is 11.5. The van der Waals surface area contributed by atoms with Crippen LogP contribution in [0.25, 0.3) is 5.57 Å². The van der Waals surface area contributed by atoms with E-state index in [4.69, 9.17) is 4.74 Å². The molecule has 1 aliphatic carbocycles. The van der Waals surface area contributed by atoms with Crippen LogP contribution < -0.4 is 0 Å². The largest absolute Gasteiger partial charge is 0.465 e. The van der Waals surface area contributed by atoms with E-state index in [0.717, 1.165) is 12.0 Å². The molecule has 17 heavy (non-hydrogen) atoms. The number of esters is 1. The Kier molecular flexibility index (Phi) is 3.62. The highest BCUT2D eigenvalue weighted by Crippen LogP contribution is 2.28. The van der Waals surface area contributed by atoms with E-state index in [2.05, 4.69) is 12.1 Å². The molecule has 1 aromatic carbocycles. The SMILES string of the molecule is COC(=O)c1ccc(C2=CCCCC2)cc1C. The number of carbonyl (C=O) groups excluding carboxylic acids is 1. The summed E-state index contributed by atoms with van der Waals surface area (Å²) in [6.07, 6.45) is 7.20. The molecule has 0 atom stereocenters. The lowest BCUT2D eigenvalue weighted by atomic mass is 9.92. The zero-order chi connectivity index (χ0) is 12.3. The topological polar surface area (TPSA) is 26.3 Å². The molecule has 0 saturated heterocycles. The predicted octanol–water partition coefficient (Wildman–Crippen LogP) is 3.74. The maximum absolute atomic E-state index is 11.5. The van der Waals surface area contributed by atoms with Crippen LogP contribution in [0, 0.1) is 6.92 Å². The van der Waals surface area contributed by atoms with E-state index < -0.39 is 0 Å². The minimum absolute atomic E-state index is 0.258. The number of hydrogen-bond acceptors (Lipinski definition) is 2. The highest BCUT2D eigenvalue weighted by molar-refractivity contribution is 5.91. The van der Waals surface area contributed by atoms with Gasteiger partial charge in [0.15, 0.2) is 0 Å². The van der Waals surface area contributed by atoms with Crippen molar-refractivity contribution >= 4 is 11.5 Å². The first-order chi connectivity index (χ1) is 8.22. The molecule has 1 aromatic rings. The summed E-state index contributed by atoms with van der Waals surface area (Å²) >= 11 is 0. The van der Waals surface area contributed by atoms with Crippen molar-refractivity contribution in [1.82, 2.24) is 0 Å². The molecule has 0 aliphatic heterocycles. The highest BCUT2D eigenvalue weighted by Gasteiger charge is 2.11. The van der Waals surface area contributed by atoms with Gasteiger partial charge < -0.3 is 4.74 Å². The minimum Gasteiger partial charge on any atom is -0.465 e. The lowest BCUT2D eigenvalue weighted by Crippen LogP contribution is -2.04. The van der Waals surface area contributed by atoms with Crippen LogP contribution >= 0.6 is 0 Å². The Morgan fingerprint density at radius 3 is 2.71 bits per heavy atom. The average molecular weight is 230 g/mol. The molecule has 0 aromatic heterocycles. The Bertz CT molecular complexity index is 458. The number of methoxy groups -OCH3 is 1. The lowest BCUT2D eigenvalue weighted by molar-refractivity contribution is 0.0600. The van der Waals surface area contributed by atoms with Gasteiger partial charge in [-0.1, -0.05) is 18.2 Å². The summed E-state index contributed by atoms with van der Waals surface area (Å²) in [5.41, 5.74) is 4.30. The van der Waals surface area contributed by atoms with Crippen LogP contribution in [0.5, 0.6) is 0 Å². The normalized spacial score (nSPS) is 15.3. The standard InChI is InChI=1S/C15H18O2/c1-11-10-13(12-6-4-3-5-7-12)8-9-14(11)15(16)17-2/h6,8-10H,3-5,7H2,1-2H3. The fraction of sp³-hybridized carbons (Fsp3) is 0.400. The number of hydrogen-bond donors (Lipinski definition) is 0. The molecule has 1 aliphatic rings. The van der Waals surface area contributed by atoms with Crippen LogP contribution in [0.3, 0.4) is 0 Å². The molecule has 2 rings (SSSR count). The van der Waals surface area contributed by atoms with Crippen molar-refractivity contribution in [3.8, 4) is 0 Å². The van der Waals surface area contributed by atoms with Gasteiger partial charge in [-0.05, 0) is 55.4 Å². The molecule has 0 unspecified atom stereocenters. The molecule has 0 bridgehead atoms. The van der Waals surface area contributed by atoms with Crippen LogP contribution in [0.15, 0.2) is 24.3 Å². The maximum atomic E-state index is 11.5. The zero-order valence-electron chi connectivity index (χ0n) is 10.5. The van der Waals surface area contributed by atoms with Crippen molar-refractivity contribution in [2.75, 3.05) is 7.11 Å². The second-order valence-corrected chi connectivity index (χ2v) is 4.50. The second kappa shape index (κ2) is 5.17. The Morgan fingerprint density at radius 2 is 2.12 bits per heavy atom. The van der Waals surface area contributed by atoms with Crippen LogP contribution in [-0.2, 0) is 4.74 Å². The van der Waals surface area contributed by atoms with E-state index in [0.29, 0.717) is 5.56 Å². The van der Waals surface area contributed by atoms with Gasteiger partial charge in [0.1, 0.15) is 0 Å². The molecule has 0 heterocycles. The Morgan fingerprint density at radius 1 is 1.29 bits per heavy atom. The summed E-state index contributed by atoms with van der Waals surface area (Å²) in [7, 11) is 1.42. The quantitative estimate of drug-likeness (QED) is 0.723. The van der Waals surface area contributed by atoms with E-state index in [1.807, 2.05) is 19.1 Å². The zero-order valence-corrected chi connectivity index (χ0v) is 10.5. The van der Waals surface area contributed by atoms with E-state index >= 15 is 0 Å². The van der Waals surface area contributed by atoms with Crippen molar-refractivity contribution < 1.29 is 9.53 Å². The van der Waals surface area contributed by atoms with E-state index in [1.165, 1.54) is 37.5 Å². The van der Waals surface area contributed by atoms with Crippen molar-refractivity contribution in [3.05, 3.63) is 41.0 Å². The third-order valence-corrected chi connectivity index (χ3v) is 3.29. The van der Waals surface area contributed by atoms with Crippen molar-refractivity contribution in [2.24, 2.45) is 0 Å². The van der Waals surface area contributed by atoms with Gasteiger partial charge in [0.05, 0.1) is 12.7 Å². The fourth-order valence-electron chi connectivity index (χ4n) is 2.30. The van der Waals surface area contributed by atoms with Crippen molar-refractivity contribution in [1.29, 1.82) is 0 Å². The minimum atomic E-state index is -0.258. The number of rotatable bonds is 2. The molecule has 0 amide bonds. The molecular weight excluding hydrogens is 212 g/mol. The predicted molar refractivity (Wildman–Crippen MR) is 69.0 cm³/mol. The second-order valence-electron chi connectivity index (χ2n) is 4.50. The van der Waals surface area contributed by atoms with Gasteiger partial charge in [-0.3, -0.25) is 0 Å². The molecule has 90 valence electrons. The van der Waals surface area contributed by atoms with Crippen LogP contribution in [0.4, 0.5) is 0 Å². The molecule has 2 nitrogen and oxygen atoms in total. The van der Waals surface area contributed by atoms with Crippen LogP contribution in [0.1, 0.15) is 47.2 Å². The number of ether oxygens (including phenoxy) is 1. The Labute approximate surface area is 102 Å². The van der Waals surface area contributed by atoms with E-state index in [1.54, 1.807) is 0 Å². The van der Waals surface area contributed by atoms with Gasteiger partial charge in [0, 0.05) is 0 Å². The molecule has 0 spiro atoms. The smallest absolute Gasteiger partial charge is 0.338 e. The first kappa shape index (κ1) is 11.9. The van der Waals surface area contributed by atoms with Gasteiger partial charge in [-0.2, -0.15) is 0 Å². The fourth-order valence-corrected chi connectivity index (χ4v) is 2.30. The molecule has 0 saturated carbocycles. The number of carbonyl (C=O) groups is 1. The summed E-state index contributed by atoms with van der Waals surface area (Å²) in [5.74, 6) is -0.258.